The van der Waals surface area contributed by atoms with Crippen LogP contribution in [0.4, 0.5) is 9.59 Å². The summed E-state index contributed by atoms with van der Waals surface area (Å²) in [6.07, 6.45) is 4.46. The Kier molecular flexibility index (Phi) is 8.47. The molecule has 1 fully saturated rings. The molecule has 10 heteroatoms. The molecular weight excluding hydrogens is 368 g/mol. The molecule has 154 valence electrons. The highest BCUT2D eigenvalue weighted by atomic mass is 16.7. The van der Waals surface area contributed by atoms with Gasteiger partial charge in [0.2, 0.25) is 0 Å². The van der Waals surface area contributed by atoms with Crippen LogP contribution in [0.3, 0.4) is 0 Å². The number of hydrogen-bond donors (Lipinski definition) is 1. The quantitative estimate of drug-likeness (QED) is 0.520. The standard InChI is InChI=1S/C18H26N4O6/c1-4-7-14(15-9-8-13(28-15)11-27-18(24)26-6-3)22-10-16(19-12-20-22)21-17(23)25-5-2/h4,7,12-13,15H,1,5-6,8-11H2,2-3H3,(H,19,20,21,23)/b14-7-. The fraction of sp³-hybridized carbons (Fsp3) is 0.556. The van der Waals surface area contributed by atoms with Gasteiger partial charge in [-0.15, -0.1) is 0 Å². The lowest BCUT2D eigenvalue weighted by molar-refractivity contribution is -0.0109. The molecule has 2 unspecified atom stereocenters. The number of hydrazone groups is 1. The topological polar surface area (TPSA) is 111 Å². The van der Waals surface area contributed by atoms with Crippen LogP contribution in [0.2, 0.25) is 0 Å². The number of nitrogens with one attached hydrogen (secondary N) is 1. The largest absolute Gasteiger partial charge is 0.508 e. The molecule has 1 saturated heterocycles. The van der Waals surface area contributed by atoms with Gasteiger partial charge in [0.1, 0.15) is 18.8 Å². The highest BCUT2D eigenvalue weighted by Crippen LogP contribution is 2.28. The second-order valence-corrected chi connectivity index (χ2v) is 5.86. The van der Waals surface area contributed by atoms with E-state index in [0.29, 0.717) is 5.84 Å². The highest BCUT2D eigenvalue weighted by molar-refractivity contribution is 6.00. The van der Waals surface area contributed by atoms with Gasteiger partial charge in [-0.05, 0) is 32.8 Å². The van der Waals surface area contributed by atoms with E-state index in [9.17, 15) is 9.59 Å². The third-order valence-corrected chi connectivity index (χ3v) is 3.90. The summed E-state index contributed by atoms with van der Waals surface area (Å²) in [7, 11) is 0. The molecule has 0 radical (unpaired) electrons. The van der Waals surface area contributed by atoms with Crippen molar-refractivity contribution in [3.05, 3.63) is 24.4 Å². The number of amidine groups is 1. The lowest BCUT2D eigenvalue weighted by Gasteiger charge is -2.28. The van der Waals surface area contributed by atoms with Gasteiger partial charge < -0.3 is 18.9 Å². The van der Waals surface area contributed by atoms with Gasteiger partial charge in [-0.25, -0.2) is 14.6 Å². The predicted octanol–water partition coefficient (Wildman–Crippen LogP) is 2.18. The molecule has 2 rings (SSSR count). The van der Waals surface area contributed by atoms with Crippen molar-refractivity contribution in [2.45, 2.75) is 38.9 Å². The van der Waals surface area contributed by atoms with E-state index < -0.39 is 12.2 Å². The molecule has 28 heavy (non-hydrogen) atoms. The van der Waals surface area contributed by atoms with Gasteiger partial charge in [-0.2, -0.15) is 5.10 Å². The molecule has 0 aliphatic carbocycles. The number of carbonyl (C=O) groups is 2. The van der Waals surface area contributed by atoms with E-state index in [1.165, 1.54) is 6.34 Å². The Morgan fingerprint density at radius 1 is 1.32 bits per heavy atom. The van der Waals surface area contributed by atoms with E-state index in [4.69, 9.17) is 18.9 Å². The molecule has 0 spiro atoms. The summed E-state index contributed by atoms with van der Waals surface area (Å²) in [5, 5.41) is 8.50. The van der Waals surface area contributed by atoms with Crippen molar-refractivity contribution in [3.8, 4) is 0 Å². The van der Waals surface area contributed by atoms with Gasteiger partial charge in [0.25, 0.3) is 0 Å². The van der Waals surface area contributed by atoms with Crippen LogP contribution in [-0.2, 0) is 18.9 Å². The van der Waals surface area contributed by atoms with E-state index in [0.717, 1.165) is 18.5 Å². The molecule has 1 N–H and O–H groups in total. The van der Waals surface area contributed by atoms with Gasteiger partial charge in [0.05, 0.1) is 37.7 Å². The number of nitrogens with zero attached hydrogens (tertiary/aromatic N) is 3. The Morgan fingerprint density at radius 2 is 2.11 bits per heavy atom. The summed E-state index contributed by atoms with van der Waals surface area (Å²) in [5.41, 5.74) is 0.767. The molecule has 2 aliphatic heterocycles. The van der Waals surface area contributed by atoms with Gasteiger partial charge in [0, 0.05) is 0 Å². The van der Waals surface area contributed by atoms with Gasteiger partial charge in [0.15, 0.2) is 0 Å². The van der Waals surface area contributed by atoms with E-state index in [2.05, 4.69) is 22.0 Å². The molecular formula is C18H26N4O6. The van der Waals surface area contributed by atoms with Crippen molar-refractivity contribution in [1.82, 2.24) is 10.3 Å². The lowest BCUT2D eigenvalue weighted by Crippen LogP contribution is -2.42. The average Bonchev–Trinajstić information content (AvgIpc) is 3.14. The molecule has 10 nitrogen and oxygen atoms in total. The SMILES string of the molecule is C=C/C=C(/C1CCC(COC(=O)OCC)O1)N1CC(NC(=O)OCC)=NC=N1. The zero-order valence-corrected chi connectivity index (χ0v) is 16.1. The summed E-state index contributed by atoms with van der Waals surface area (Å²) in [5.74, 6) is 0.406. The predicted molar refractivity (Wildman–Crippen MR) is 102 cm³/mol. The minimum Gasteiger partial charge on any atom is -0.450 e. The van der Waals surface area contributed by atoms with Crippen LogP contribution in [0.25, 0.3) is 0 Å². The second kappa shape index (κ2) is 11.1. The molecule has 0 aromatic rings. The van der Waals surface area contributed by atoms with E-state index >= 15 is 0 Å². The first-order valence-electron chi connectivity index (χ1n) is 9.15. The van der Waals surface area contributed by atoms with Gasteiger partial charge in [-0.3, -0.25) is 10.3 Å². The number of hydrogen-bond acceptors (Lipinski definition) is 9. The molecule has 2 heterocycles. The normalized spacial score (nSPS) is 21.7. The first kappa shape index (κ1) is 21.4. The number of amides is 1. The molecule has 0 aromatic carbocycles. The summed E-state index contributed by atoms with van der Waals surface area (Å²) in [6, 6.07) is 0. The molecule has 2 aliphatic rings. The number of allylic oxidation sites excluding steroid dienone is 2. The minimum absolute atomic E-state index is 0.122. The number of rotatable bonds is 7. The van der Waals surface area contributed by atoms with Crippen molar-refractivity contribution in [2.24, 2.45) is 10.1 Å². The molecule has 1 amide bonds. The zero-order valence-electron chi connectivity index (χ0n) is 16.1. The molecule has 0 aromatic heterocycles. The van der Waals surface area contributed by atoms with Crippen molar-refractivity contribution in [1.29, 1.82) is 0 Å². The summed E-state index contributed by atoms with van der Waals surface area (Å²) in [4.78, 5) is 27.0. The maximum absolute atomic E-state index is 11.6. The minimum atomic E-state index is -0.706. The lowest BCUT2D eigenvalue weighted by atomic mass is 10.1. The fourth-order valence-electron chi connectivity index (χ4n) is 2.74. The Labute approximate surface area is 163 Å². The van der Waals surface area contributed by atoms with Crippen LogP contribution in [0, 0.1) is 0 Å². The Hall–Kier alpha value is -2.88. The van der Waals surface area contributed by atoms with Gasteiger partial charge >= 0.3 is 12.2 Å². The van der Waals surface area contributed by atoms with Gasteiger partial charge in [-0.1, -0.05) is 12.7 Å². The Balaban J connectivity index is 1.93. The van der Waals surface area contributed by atoms with E-state index in [-0.39, 0.29) is 38.6 Å². The third kappa shape index (κ3) is 6.38. The Morgan fingerprint density at radius 3 is 2.82 bits per heavy atom. The monoisotopic (exact) mass is 394 g/mol. The zero-order chi connectivity index (χ0) is 20.4. The molecule has 0 saturated carbocycles. The van der Waals surface area contributed by atoms with Crippen LogP contribution in [0.15, 0.2) is 34.5 Å². The van der Waals surface area contributed by atoms with Crippen LogP contribution < -0.4 is 5.32 Å². The van der Waals surface area contributed by atoms with Crippen LogP contribution in [0.1, 0.15) is 26.7 Å². The van der Waals surface area contributed by atoms with Crippen LogP contribution >= 0.6 is 0 Å². The van der Waals surface area contributed by atoms with Crippen molar-refractivity contribution in [3.63, 3.8) is 0 Å². The molecule has 0 bridgehead atoms. The first-order chi connectivity index (χ1) is 13.6. The number of aliphatic imine (C=N–C) groups is 1. The van der Waals surface area contributed by atoms with Crippen molar-refractivity contribution in [2.75, 3.05) is 26.4 Å². The number of carbonyl (C=O) groups excluding carboxylic acids is 2. The first-order valence-corrected chi connectivity index (χ1v) is 9.15. The van der Waals surface area contributed by atoms with E-state index in [1.807, 2.05) is 0 Å². The second-order valence-electron chi connectivity index (χ2n) is 5.86. The summed E-state index contributed by atoms with van der Waals surface area (Å²) in [6.45, 7) is 8.07. The van der Waals surface area contributed by atoms with E-state index in [1.54, 1.807) is 31.0 Å². The highest BCUT2D eigenvalue weighted by Gasteiger charge is 2.32. The smallest absolute Gasteiger partial charge is 0.450 e. The summed E-state index contributed by atoms with van der Waals surface area (Å²) < 4.78 is 20.6. The number of alkyl carbamates (subject to hydrolysis) is 1. The van der Waals surface area contributed by atoms with Crippen LogP contribution in [-0.4, -0.2) is 68.0 Å². The van der Waals surface area contributed by atoms with Crippen LogP contribution in [0.5, 0.6) is 0 Å². The number of ether oxygens (including phenoxy) is 4. The third-order valence-electron chi connectivity index (χ3n) is 3.90. The Bertz CT molecular complexity index is 660. The maximum atomic E-state index is 11.6. The molecule has 2 atom stereocenters. The van der Waals surface area contributed by atoms with Crippen molar-refractivity contribution >= 4 is 24.4 Å². The average molecular weight is 394 g/mol. The fourth-order valence-corrected chi connectivity index (χ4v) is 2.74. The van der Waals surface area contributed by atoms with Crippen molar-refractivity contribution < 1.29 is 28.5 Å². The maximum Gasteiger partial charge on any atom is 0.508 e. The summed E-state index contributed by atoms with van der Waals surface area (Å²) >= 11 is 0.